The minimum atomic E-state index is -0.184. The molecule has 0 saturated carbocycles. The summed E-state index contributed by atoms with van der Waals surface area (Å²) < 4.78 is 0. The lowest BCUT2D eigenvalue weighted by atomic mass is 10.2. The summed E-state index contributed by atoms with van der Waals surface area (Å²) in [6.45, 7) is 1.37. The Labute approximate surface area is 106 Å². The summed E-state index contributed by atoms with van der Waals surface area (Å²) >= 11 is 5.93. The van der Waals surface area contributed by atoms with Crippen LogP contribution in [0.25, 0.3) is 0 Å². The predicted molar refractivity (Wildman–Crippen MR) is 69.7 cm³/mol. The second-order valence-corrected chi connectivity index (χ2v) is 4.27. The van der Waals surface area contributed by atoms with Crippen LogP contribution in [-0.2, 0) is 0 Å². The molecule has 0 unspecified atom stereocenters. The number of pyridine rings is 1. The number of nitrogens with one attached hydrogen (secondary N) is 2. The van der Waals surface area contributed by atoms with Crippen molar-refractivity contribution in [1.29, 1.82) is 0 Å². The smallest absolute Gasteiger partial charge is 0.253 e. The van der Waals surface area contributed by atoms with Crippen molar-refractivity contribution in [1.82, 2.24) is 15.2 Å². The molecular formula is C11H17ClN4O. The highest BCUT2D eigenvalue weighted by molar-refractivity contribution is 6.33. The van der Waals surface area contributed by atoms with E-state index in [0.717, 1.165) is 6.54 Å². The van der Waals surface area contributed by atoms with Crippen LogP contribution < -0.4 is 10.6 Å². The van der Waals surface area contributed by atoms with Gasteiger partial charge in [-0.3, -0.25) is 4.79 Å². The van der Waals surface area contributed by atoms with Crippen LogP contribution in [0, 0.1) is 0 Å². The van der Waals surface area contributed by atoms with Gasteiger partial charge in [0.2, 0.25) is 0 Å². The van der Waals surface area contributed by atoms with Crippen molar-refractivity contribution < 1.29 is 4.79 Å². The van der Waals surface area contributed by atoms with Gasteiger partial charge in [-0.25, -0.2) is 4.98 Å². The van der Waals surface area contributed by atoms with E-state index in [1.165, 1.54) is 6.20 Å². The quantitative estimate of drug-likeness (QED) is 0.828. The molecule has 2 N–H and O–H groups in total. The fourth-order valence-electron chi connectivity index (χ4n) is 1.24. The van der Waals surface area contributed by atoms with Gasteiger partial charge in [-0.05, 0) is 20.2 Å². The van der Waals surface area contributed by atoms with E-state index in [-0.39, 0.29) is 5.91 Å². The molecule has 0 aromatic carbocycles. The number of nitrogens with zero attached hydrogens (tertiary/aromatic N) is 2. The Hall–Kier alpha value is -1.33. The molecule has 17 heavy (non-hydrogen) atoms. The molecule has 0 aliphatic rings. The van der Waals surface area contributed by atoms with E-state index in [1.54, 1.807) is 13.1 Å². The van der Waals surface area contributed by atoms with Crippen LogP contribution in [-0.4, -0.2) is 50.0 Å². The second kappa shape index (κ2) is 6.42. The predicted octanol–water partition coefficient (Wildman–Crippen LogP) is 1.07. The average Bonchev–Trinajstić information content (AvgIpc) is 2.29. The molecular weight excluding hydrogens is 240 g/mol. The van der Waals surface area contributed by atoms with Crippen molar-refractivity contribution in [3.8, 4) is 0 Å². The Morgan fingerprint density at radius 1 is 1.53 bits per heavy atom. The van der Waals surface area contributed by atoms with Gasteiger partial charge in [0, 0.05) is 26.3 Å². The zero-order valence-corrected chi connectivity index (χ0v) is 11.0. The Morgan fingerprint density at radius 3 is 2.82 bits per heavy atom. The van der Waals surface area contributed by atoms with Crippen molar-refractivity contribution in [2.75, 3.05) is 39.5 Å². The third kappa shape index (κ3) is 4.20. The first-order chi connectivity index (χ1) is 8.04. The van der Waals surface area contributed by atoms with Crippen molar-refractivity contribution in [2.24, 2.45) is 0 Å². The highest BCUT2D eigenvalue weighted by Gasteiger charge is 2.11. The van der Waals surface area contributed by atoms with Gasteiger partial charge in [0.25, 0.3) is 5.91 Å². The molecule has 0 fully saturated rings. The normalized spacial score (nSPS) is 10.4. The van der Waals surface area contributed by atoms with E-state index in [9.17, 15) is 4.79 Å². The topological polar surface area (TPSA) is 57.3 Å². The van der Waals surface area contributed by atoms with Gasteiger partial charge < -0.3 is 15.5 Å². The van der Waals surface area contributed by atoms with Crippen LogP contribution in [0.5, 0.6) is 0 Å². The Balaban J connectivity index is 2.67. The average molecular weight is 257 g/mol. The lowest BCUT2D eigenvalue weighted by molar-refractivity contribution is 0.0951. The molecule has 1 rings (SSSR count). The lowest BCUT2D eigenvalue weighted by Gasteiger charge is -2.11. The van der Waals surface area contributed by atoms with Crippen molar-refractivity contribution in [3.63, 3.8) is 0 Å². The Kier molecular flexibility index (Phi) is 5.18. The third-order valence-electron chi connectivity index (χ3n) is 2.20. The SMILES string of the molecule is CNc1cc(C(=O)NCCN(C)C)c(Cl)cn1. The first-order valence-electron chi connectivity index (χ1n) is 5.31. The van der Waals surface area contributed by atoms with Crippen LogP contribution in [0.3, 0.4) is 0 Å². The largest absolute Gasteiger partial charge is 0.373 e. The summed E-state index contributed by atoms with van der Waals surface area (Å²) in [7, 11) is 5.64. The van der Waals surface area contributed by atoms with E-state index in [2.05, 4.69) is 15.6 Å². The number of carbonyl (C=O) groups excluding carboxylic acids is 1. The van der Waals surface area contributed by atoms with E-state index in [0.29, 0.717) is 22.9 Å². The summed E-state index contributed by atoms with van der Waals surface area (Å²) in [4.78, 5) is 17.9. The summed E-state index contributed by atoms with van der Waals surface area (Å²) in [5, 5.41) is 6.02. The number of hydrogen-bond acceptors (Lipinski definition) is 4. The minimum Gasteiger partial charge on any atom is -0.373 e. The molecule has 1 heterocycles. The first-order valence-corrected chi connectivity index (χ1v) is 5.68. The standard InChI is InChI=1S/C11H17ClN4O/c1-13-10-6-8(9(12)7-15-10)11(17)14-4-5-16(2)3/h6-7H,4-5H2,1-3H3,(H,13,15)(H,14,17). The minimum absolute atomic E-state index is 0.184. The Morgan fingerprint density at radius 2 is 2.24 bits per heavy atom. The maximum absolute atomic E-state index is 11.8. The molecule has 0 spiro atoms. The molecule has 1 aromatic rings. The van der Waals surface area contributed by atoms with E-state index in [4.69, 9.17) is 11.6 Å². The van der Waals surface area contributed by atoms with Crippen LogP contribution >= 0.6 is 11.6 Å². The number of likely N-dealkylation sites (N-methyl/N-ethyl adjacent to an activating group) is 1. The number of hydrogen-bond donors (Lipinski definition) is 2. The zero-order valence-electron chi connectivity index (χ0n) is 10.2. The molecule has 0 radical (unpaired) electrons. The molecule has 0 bridgehead atoms. The maximum atomic E-state index is 11.8. The van der Waals surface area contributed by atoms with E-state index in [1.807, 2.05) is 19.0 Å². The number of anilines is 1. The van der Waals surface area contributed by atoms with Gasteiger partial charge in [0.05, 0.1) is 10.6 Å². The highest BCUT2D eigenvalue weighted by atomic mass is 35.5. The van der Waals surface area contributed by atoms with E-state index < -0.39 is 0 Å². The number of rotatable bonds is 5. The first kappa shape index (κ1) is 13.7. The molecule has 1 amide bonds. The van der Waals surface area contributed by atoms with Crippen molar-refractivity contribution >= 4 is 23.3 Å². The fraction of sp³-hybridized carbons (Fsp3) is 0.455. The van der Waals surface area contributed by atoms with Gasteiger partial charge >= 0.3 is 0 Å². The van der Waals surface area contributed by atoms with Crippen LogP contribution in [0.15, 0.2) is 12.3 Å². The number of carbonyl (C=O) groups is 1. The molecule has 94 valence electrons. The van der Waals surface area contributed by atoms with Crippen molar-refractivity contribution in [2.45, 2.75) is 0 Å². The van der Waals surface area contributed by atoms with Crippen LogP contribution in [0.1, 0.15) is 10.4 Å². The molecule has 5 nitrogen and oxygen atoms in total. The maximum Gasteiger partial charge on any atom is 0.253 e. The summed E-state index contributed by atoms with van der Waals surface area (Å²) in [5.41, 5.74) is 0.435. The zero-order chi connectivity index (χ0) is 12.8. The lowest BCUT2D eigenvalue weighted by Crippen LogP contribution is -2.31. The summed E-state index contributed by atoms with van der Waals surface area (Å²) in [6, 6.07) is 1.63. The van der Waals surface area contributed by atoms with E-state index >= 15 is 0 Å². The van der Waals surface area contributed by atoms with Gasteiger partial charge in [-0.1, -0.05) is 11.6 Å². The Bertz CT molecular complexity index is 395. The molecule has 6 heteroatoms. The van der Waals surface area contributed by atoms with Gasteiger partial charge in [-0.2, -0.15) is 0 Å². The number of halogens is 1. The molecule has 1 aromatic heterocycles. The van der Waals surface area contributed by atoms with Gasteiger partial charge in [0.1, 0.15) is 5.82 Å². The monoisotopic (exact) mass is 256 g/mol. The molecule has 0 aliphatic heterocycles. The third-order valence-corrected chi connectivity index (χ3v) is 2.50. The molecule has 0 saturated heterocycles. The second-order valence-electron chi connectivity index (χ2n) is 3.86. The summed E-state index contributed by atoms with van der Waals surface area (Å²) in [6.07, 6.45) is 1.47. The highest BCUT2D eigenvalue weighted by Crippen LogP contribution is 2.17. The van der Waals surface area contributed by atoms with Gasteiger partial charge in [-0.15, -0.1) is 0 Å². The van der Waals surface area contributed by atoms with Crippen molar-refractivity contribution in [3.05, 3.63) is 22.8 Å². The fourth-order valence-corrected chi connectivity index (χ4v) is 1.43. The molecule has 0 atom stereocenters. The number of amides is 1. The van der Waals surface area contributed by atoms with Crippen LogP contribution in [0.2, 0.25) is 5.02 Å². The van der Waals surface area contributed by atoms with Gasteiger partial charge in [0.15, 0.2) is 0 Å². The summed E-state index contributed by atoms with van der Waals surface area (Å²) in [5.74, 6) is 0.433. The molecule has 0 aliphatic carbocycles. The number of aromatic nitrogens is 1. The van der Waals surface area contributed by atoms with Crippen LogP contribution in [0.4, 0.5) is 5.82 Å².